The van der Waals surface area contributed by atoms with Gasteiger partial charge in [-0.1, -0.05) is 0 Å². The number of piperidine rings is 1. The molecule has 2 rings (SSSR count). The highest BCUT2D eigenvalue weighted by Gasteiger charge is 2.13. The van der Waals surface area contributed by atoms with Gasteiger partial charge in [0.25, 0.3) is 0 Å². The number of aromatic nitrogens is 2. The highest BCUT2D eigenvalue weighted by molar-refractivity contribution is 5.28. The second-order valence-corrected chi connectivity index (χ2v) is 3.62. The molecule has 0 spiro atoms. The van der Waals surface area contributed by atoms with Gasteiger partial charge in [0, 0.05) is 6.04 Å². The van der Waals surface area contributed by atoms with Gasteiger partial charge in [-0.25, -0.2) is 9.97 Å². The van der Waals surface area contributed by atoms with Gasteiger partial charge < -0.3 is 15.4 Å². The van der Waals surface area contributed by atoms with Crippen LogP contribution in [-0.2, 0) is 0 Å². The molecule has 2 N–H and O–H groups in total. The largest absolute Gasteiger partial charge is 0.494 e. The van der Waals surface area contributed by atoms with Crippen molar-refractivity contribution < 1.29 is 4.74 Å². The zero-order valence-electron chi connectivity index (χ0n) is 8.86. The Labute approximate surface area is 89.3 Å². The molecule has 0 amide bonds. The molecule has 0 atom stereocenters. The molecule has 1 aromatic rings. The number of ether oxygens (including phenoxy) is 1. The van der Waals surface area contributed by atoms with E-state index < -0.39 is 0 Å². The average Bonchev–Trinajstić information content (AvgIpc) is 2.31. The highest BCUT2D eigenvalue weighted by Crippen LogP contribution is 2.11. The van der Waals surface area contributed by atoms with Crippen molar-refractivity contribution in [3.63, 3.8) is 0 Å². The predicted molar refractivity (Wildman–Crippen MR) is 58.1 cm³/mol. The van der Waals surface area contributed by atoms with Crippen molar-refractivity contribution in [2.75, 3.05) is 25.5 Å². The second kappa shape index (κ2) is 4.93. The Kier molecular flexibility index (Phi) is 3.34. The van der Waals surface area contributed by atoms with Gasteiger partial charge in [0.15, 0.2) is 5.75 Å². The van der Waals surface area contributed by atoms with E-state index in [1.165, 1.54) is 0 Å². The van der Waals surface area contributed by atoms with E-state index in [4.69, 9.17) is 4.74 Å². The number of rotatable bonds is 3. The molecule has 1 aliphatic rings. The summed E-state index contributed by atoms with van der Waals surface area (Å²) in [6.45, 7) is 2.13. The van der Waals surface area contributed by atoms with Gasteiger partial charge in [-0.3, -0.25) is 0 Å². The summed E-state index contributed by atoms with van der Waals surface area (Å²) in [5.74, 6) is 1.37. The Balaban J connectivity index is 1.91. The van der Waals surface area contributed by atoms with Gasteiger partial charge >= 0.3 is 0 Å². The molecule has 1 fully saturated rings. The lowest BCUT2D eigenvalue weighted by Crippen LogP contribution is -2.35. The van der Waals surface area contributed by atoms with E-state index in [1.54, 1.807) is 19.5 Å². The van der Waals surface area contributed by atoms with Crippen LogP contribution in [0.4, 0.5) is 5.95 Å². The molecular formula is C10H16N4O. The molecule has 1 saturated heterocycles. The summed E-state index contributed by atoms with van der Waals surface area (Å²) in [6, 6.07) is 0.486. The molecule has 15 heavy (non-hydrogen) atoms. The molecule has 0 aliphatic carbocycles. The monoisotopic (exact) mass is 208 g/mol. The molecule has 1 aliphatic heterocycles. The van der Waals surface area contributed by atoms with Crippen LogP contribution in [0.25, 0.3) is 0 Å². The van der Waals surface area contributed by atoms with Crippen molar-refractivity contribution in [2.24, 2.45) is 0 Å². The summed E-state index contributed by atoms with van der Waals surface area (Å²) in [4.78, 5) is 8.35. The van der Waals surface area contributed by atoms with Crippen LogP contribution in [0, 0.1) is 0 Å². The van der Waals surface area contributed by atoms with Crippen LogP contribution in [0.1, 0.15) is 12.8 Å². The number of hydrogen-bond donors (Lipinski definition) is 2. The van der Waals surface area contributed by atoms with Crippen LogP contribution in [0.5, 0.6) is 5.75 Å². The van der Waals surface area contributed by atoms with Crippen molar-refractivity contribution >= 4 is 5.95 Å². The van der Waals surface area contributed by atoms with Crippen molar-refractivity contribution in [2.45, 2.75) is 18.9 Å². The van der Waals surface area contributed by atoms with Crippen molar-refractivity contribution in [1.29, 1.82) is 0 Å². The van der Waals surface area contributed by atoms with Gasteiger partial charge in [-0.15, -0.1) is 0 Å². The van der Waals surface area contributed by atoms with Crippen LogP contribution in [0.2, 0.25) is 0 Å². The van der Waals surface area contributed by atoms with Gasteiger partial charge in [-0.05, 0) is 25.9 Å². The quantitative estimate of drug-likeness (QED) is 0.763. The molecule has 0 saturated carbocycles. The fourth-order valence-electron chi connectivity index (χ4n) is 1.64. The summed E-state index contributed by atoms with van der Waals surface area (Å²) in [5.41, 5.74) is 0. The molecule has 5 nitrogen and oxygen atoms in total. The van der Waals surface area contributed by atoms with E-state index in [9.17, 15) is 0 Å². The SMILES string of the molecule is COc1cnc(NC2CCNCC2)nc1. The first-order chi connectivity index (χ1) is 7.38. The van der Waals surface area contributed by atoms with E-state index in [-0.39, 0.29) is 0 Å². The van der Waals surface area contributed by atoms with Crippen molar-refractivity contribution in [3.8, 4) is 5.75 Å². The smallest absolute Gasteiger partial charge is 0.223 e. The molecule has 0 bridgehead atoms. The summed E-state index contributed by atoms with van der Waals surface area (Å²) < 4.78 is 5.00. The van der Waals surface area contributed by atoms with Gasteiger partial charge in [0.05, 0.1) is 19.5 Å². The molecule has 0 unspecified atom stereocenters. The van der Waals surface area contributed by atoms with E-state index in [0.29, 0.717) is 17.7 Å². The highest BCUT2D eigenvalue weighted by atomic mass is 16.5. The van der Waals surface area contributed by atoms with Crippen LogP contribution in [-0.4, -0.2) is 36.2 Å². The van der Waals surface area contributed by atoms with Gasteiger partial charge in [-0.2, -0.15) is 0 Å². The molecule has 2 heterocycles. The third-order valence-corrected chi connectivity index (χ3v) is 2.54. The minimum absolute atomic E-state index is 0.486. The van der Waals surface area contributed by atoms with Crippen LogP contribution in [0.15, 0.2) is 12.4 Å². The number of hydrogen-bond acceptors (Lipinski definition) is 5. The van der Waals surface area contributed by atoms with Crippen LogP contribution >= 0.6 is 0 Å². The first-order valence-electron chi connectivity index (χ1n) is 5.22. The lowest BCUT2D eigenvalue weighted by Gasteiger charge is -2.23. The van der Waals surface area contributed by atoms with E-state index in [1.807, 2.05) is 0 Å². The van der Waals surface area contributed by atoms with E-state index in [0.717, 1.165) is 25.9 Å². The molecular weight excluding hydrogens is 192 g/mol. The summed E-state index contributed by atoms with van der Waals surface area (Å²) in [5, 5.41) is 6.63. The topological polar surface area (TPSA) is 59.1 Å². The van der Waals surface area contributed by atoms with E-state index >= 15 is 0 Å². The normalized spacial score (nSPS) is 17.4. The lowest BCUT2D eigenvalue weighted by molar-refractivity contribution is 0.410. The maximum atomic E-state index is 5.00. The first kappa shape index (κ1) is 10.2. The van der Waals surface area contributed by atoms with Crippen molar-refractivity contribution in [3.05, 3.63) is 12.4 Å². The number of anilines is 1. The van der Waals surface area contributed by atoms with Gasteiger partial charge in [0.1, 0.15) is 0 Å². The van der Waals surface area contributed by atoms with Crippen LogP contribution < -0.4 is 15.4 Å². The zero-order chi connectivity index (χ0) is 10.5. The van der Waals surface area contributed by atoms with Crippen molar-refractivity contribution in [1.82, 2.24) is 15.3 Å². The fourth-order valence-corrected chi connectivity index (χ4v) is 1.64. The maximum Gasteiger partial charge on any atom is 0.223 e. The third-order valence-electron chi connectivity index (χ3n) is 2.54. The minimum atomic E-state index is 0.486. The summed E-state index contributed by atoms with van der Waals surface area (Å²) >= 11 is 0. The predicted octanol–water partition coefficient (Wildman–Crippen LogP) is 0.649. The standard InChI is InChI=1S/C10H16N4O/c1-15-9-6-12-10(13-7-9)14-8-2-4-11-5-3-8/h6-8,11H,2-5H2,1H3,(H,12,13,14). The lowest BCUT2D eigenvalue weighted by atomic mass is 10.1. The Morgan fingerprint density at radius 3 is 2.60 bits per heavy atom. The fraction of sp³-hybridized carbons (Fsp3) is 0.600. The first-order valence-corrected chi connectivity index (χ1v) is 5.22. The molecule has 5 heteroatoms. The Hall–Kier alpha value is -1.36. The number of nitrogens with one attached hydrogen (secondary N) is 2. The molecule has 82 valence electrons. The number of methoxy groups -OCH3 is 1. The number of nitrogens with zero attached hydrogens (tertiary/aromatic N) is 2. The minimum Gasteiger partial charge on any atom is -0.494 e. The Bertz CT molecular complexity index is 295. The molecule has 0 radical (unpaired) electrons. The summed E-state index contributed by atoms with van der Waals surface area (Å²) in [6.07, 6.45) is 5.59. The maximum absolute atomic E-state index is 5.00. The summed E-state index contributed by atoms with van der Waals surface area (Å²) in [7, 11) is 1.61. The van der Waals surface area contributed by atoms with Gasteiger partial charge in [0.2, 0.25) is 5.95 Å². The average molecular weight is 208 g/mol. The van der Waals surface area contributed by atoms with Crippen LogP contribution in [0.3, 0.4) is 0 Å². The van der Waals surface area contributed by atoms with E-state index in [2.05, 4.69) is 20.6 Å². The molecule has 0 aromatic carbocycles. The second-order valence-electron chi connectivity index (χ2n) is 3.62. The zero-order valence-corrected chi connectivity index (χ0v) is 8.86. The Morgan fingerprint density at radius 1 is 1.33 bits per heavy atom. The Morgan fingerprint density at radius 2 is 2.00 bits per heavy atom. The third kappa shape index (κ3) is 2.79. The molecule has 1 aromatic heterocycles.